The maximum absolute atomic E-state index is 4.70. The van der Waals surface area contributed by atoms with Crippen LogP contribution >= 0.6 is 11.8 Å². The Morgan fingerprint density at radius 2 is 2.21 bits per heavy atom. The highest BCUT2D eigenvalue weighted by molar-refractivity contribution is 7.99. The minimum atomic E-state index is 0.557. The number of nitrogens with one attached hydrogen (secondary N) is 1. The van der Waals surface area contributed by atoms with Crippen molar-refractivity contribution in [3.63, 3.8) is 0 Å². The van der Waals surface area contributed by atoms with Crippen molar-refractivity contribution >= 4 is 11.8 Å². The van der Waals surface area contributed by atoms with E-state index in [1.165, 1.54) is 25.0 Å². The molecule has 4 heteroatoms. The summed E-state index contributed by atoms with van der Waals surface area (Å²) in [6, 6.07) is 3.41. The number of rotatable bonds is 7. The van der Waals surface area contributed by atoms with Gasteiger partial charge in [-0.15, -0.1) is 0 Å². The van der Waals surface area contributed by atoms with Gasteiger partial charge in [0.25, 0.3) is 0 Å². The summed E-state index contributed by atoms with van der Waals surface area (Å²) < 4.78 is 2.14. The SMILES string of the molecule is CCC(CC)n1ccc(CNC2CCC(SC)C2)n1. The van der Waals surface area contributed by atoms with Gasteiger partial charge in [0.05, 0.1) is 11.7 Å². The third-order valence-electron chi connectivity index (χ3n) is 4.27. The van der Waals surface area contributed by atoms with Crippen LogP contribution in [0.15, 0.2) is 12.3 Å². The van der Waals surface area contributed by atoms with Crippen molar-refractivity contribution in [2.75, 3.05) is 6.26 Å². The molecular weight excluding hydrogens is 254 g/mol. The normalized spacial score (nSPS) is 23.4. The van der Waals surface area contributed by atoms with E-state index in [-0.39, 0.29) is 0 Å². The van der Waals surface area contributed by atoms with E-state index >= 15 is 0 Å². The molecule has 0 aliphatic heterocycles. The molecule has 2 unspecified atom stereocenters. The number of nitrogens with zero attached hydrogens (tertiary/aromatic N) is 2. The first-order valence-electron chi connectivity index (χ1n) is 7.57. The Kier molecular flexibility index (Phi) is 5.76. The molecule has 1 aliphatic rings. The minimum absolute atomic E-state index is 0.557. The lowest BCUT2D eigenvalue weighted by Gasteiger charge is -2.13. The molecular formula is C15H27N3S. The van der Waals surface area contributed by atoms with Gasteiger partial charge in [0.1, 0.15) is 0 Å². The zero-order chi connectivity index (χ0) is 13.7. The molecule has 2 rings (SSSR count). The monoisotopic (exact) mass is 281 g/mol. The zero-order valence-electron chi connectivity index (χ0n) is 12.4. The predicted octanol–water partition coefficient (Wildman–Crippen LogP) is 3.62. The molecule has 1 aromatic rings. The van der Waals surface area contributed by atoms with Crippen molar-refractivity contribution in [2.45, 2.75) is 69.8 Å². The van der Waals surface area contributed by atoms with E-state index in [9.17, 15) is 0 Å². The summed E-state index contributed by atoms with van der Waals surface area (Å²) in [7, 11) is 0. The highest BCUT2D eigenvalue weighted by Crippen LogP contribution is 2.28. The molecule has 108 valence electrons. The van der Waals surface area contributed by atoms with Gasteiger partial charge in [-0.3, -0.25) is 4.68 Å². The molecule has 0 aromatic carbocycles. The van der Waals surface area contributed by atoms with Crippen LogP contribution in [0, 0.1) is 0 Å². The van der Waals surface area contributed by atoms with Gasteiger partial charge in [-0.1, -0.05) is 13.8 Å². The van der Waals surface area contributed by atoms with Gasteiger partial charge in [0.2, 0.25) is 0 Å². The van der Waals surface area contributed by atoms with Crippen LogP contribution < -0.4 is 5.32 Å². The Morgan fingerprint density at radius 3 is 2.84 bits per heavy atom. The van der Waals surface area contributed by atoms with Gasteiger partial charge in [-0.25, -0.2) is 0 Å². The van der Waals surface area contributed by atoms with Crippen LogP contribution in [-0.4, -0.2) is 27.3 Å². The quantitative estimate of drug-likeness (QED) is 0.828. The highest BCUT2D eigenvalue weighted by Gasteiger charge is 2.23. The molecule has 1 heterocycles. The molecule has 1 fully saturated rings. The van der Waals surface area contributed by atoms with E-state index in [1.807, 2.05) is 11.8 Å². The van der Waals surface area contributed by atoms with Crippen molar-refractivity contribution in [3.05, 3.63) is 18.0 Å². The second-order valence-electron chi connectivity index (χ2n) is 5.51. The maximum Gasteiger partial charge on any atom is 0.0762 e. The molecule has 0 saturated heterocycles. The Balaban J connectivity index is 1.80. The van der Waals surface area contributed by atoms with Crippen LogP contribution in [0.3, 0.4) is 0 Å². The molecule has 2 atom stereocenters. The fourth-order valence-corrected chi connectivity index (χ4v) is 3.72. The second kappa shape index (κ2) is 7.34. The van der Waals surface area contributed by atoms with E-state index in [4.69, 9.17) is 5.10 Å². The second-order valence-corrected chi connectivity index (χ2v) is 6.64. The fraction of sp³-hybridized carbons (Fsp3) is 0.800. The number of hydrogen-bond donors (Lipinski definition) is 1. The lowest BCUT2D eigenvalue weighted by Crippen LogP contribution is -2.26. The first-order valence-corrected chi connectivity index (χ1v) is 8.85. The molecule has 1 N–H and O–H groups in total. The van der Waals surface area contributed by atoms with Gasteiger partial charge in [0.15, 0.2) is 0 Å². The third kappa shape index (κ3) is 3.99. The Bertz CT molecular complexity index is 373. The van der Waals surface area contributed by atoms with E-state index in [1.54, 1.807) is 0 Å². The summed E-state index contributed by atoms with van der Waals surface area (Å²) in [5.74, 6) is 0. The molecule has 19 heavy (non-hydrogen) atoms. The summed E-state index contributed by atoms with van der Waals surface area (Å²) in [4.78, 5) is 0. The van der Waals surface area contributed by atoms with Gasteiger partial charge in [-0.2, -0.15) is 16.9 Å². The van der Waals surface area contributed by atoms with Crippen molar-refractivity contribution in [1.82, 2.24) is 15.1 Å². The topological polar surface area (TPSA) is 29.9 Å². The van der Waals surface area contributed by atoms with E-state index in [0.29, 0.717) is 12.1 Å². The Hall–Kier alpha value is -0.480. The molecule has 0 amide bonds. The van der Waals surface area contributed by atoms with Gasteiger partial charge < -0.3 is 5.32 Å². The average molecular weight is 281 g/mol. The minimum Gasteiger partial charge on any atom is -0.308 e. The predicted molar refractivity (Wildman–Crippen MR) is 83.6 cm³/mol. The lowest BCUT2D eigenvalue weighted by atomic mass is 10.2. The van der Waals surface area contributed by atoms with Gasteiger partial charge in [0, 0.05) is 24.0 Å². The summed E-state index contributed by atoms with van der Waals surface area (Å²) in [6.45, 7) is 5.38. The van der Waals surface area contributed by atoms with Crippen LogP contribution in [0.1, 0.15) is 57.7 Å². The molecule has 1 aromatic heterocycles. The molecule has 3 nitrogen and oxygen atoms in total. The van der Waals surface area contributed by atoms with E-state index < -0.39 is 0 Å². The number of hydrogen-bond acceptors (Lipinski definition) is 3. The molecule has 1 aliphatic carbocycles. The lowest BCUT2D eigenvalue weighted by molar-refractivity contribution is 0.422. The average Bonchev–Trinajstić information content (AvgIpc) is 3.06. The molecule has 0 spiro atoms. The van der Waals surface area contributed by atoms with Crippen LogP contribution in [0.4, 0.5) is 0 Å². The molecule has 1 saturated carbocycles. The summed E-state index contributed by atoms with van der Waals surface area (Å²) >= 11 is 2.01. The summed E-state index contributed by atoms with van der Waals surface area (Å²) in [5.41, 5.74) is 1.18. The van der Waals surface area contributed by atoms with E-state index in [0.717, 1.165) is 24.6 Å². The first-order chi connectivity index (χ1) is 9.26. The summed E-state index contributed by atoms with van der Waals surface area (Å²) in [5, 5.41) is 9.22. The zero-order valence-corrected chi connectivity index (χ0v) is 13.2. The smallest absolute Gasteiger partial charge is 0.0762 e. The molecule has 0 bridgehead atoms. The molecule has 0 radical (unpaired) electrons. The van der Waals surface area contributed by atoms with Gasteiger partial charge >= 0.3 is 0 Å². The largest absolute Gasteiger partial charge is 0.308 e. The number of thioether (sulfide) groups is 1. The van der Waals surface area contributed by atoms with Crippen LogP contribution in [-0.2, 0) is 6.54 Å². The van der Waals surface area contributed by atoms with Crippen molar-refractivity contribution in [1.29, 1.82) is 0 Å². The third-order valence-corrected chi connectivity index (χ3v) is 5.36. The van der Waals surface area contributed by atoms with Crippen LogP contribution in [0.5, 0.6) is 0 Å². The summed E-state index contributed by atoms with van der Waals surface area (Å²) in [6.07, 6.45) is 10.7. The van der Waals surface area contributed by atoms with Crippen molar-refractivity contribution < 1.29 is 0 Å². The maximum atomic E-state index is 4.70. The van der Waals surface area contributed by atoms with Crippen LogP contribution in [0.25, 0.3) is 0 Å². The van der Waals surface area contributed by atoms with Crippen molar-refractivity contribution in [2.24, 2.45) is 0 Å². The Morgan fingerprint density at radius 1 is 1.42 bits per heavy atom. The first kappa shape index (κ1) is 14.9. The number of aromatic nitrogens is 2. The van der Waals surface area contributed by atoms with Gasteiger partial charge in [-0.05, 0) is 44.4 Å². The van der Waals surface area contributed by atoms with E-state index in [2.05, 4.69) is 42.4 Å². The Labute approximate surface area is 121 Å². The fourth-order valence-electron chi connectivity index (χ4n) is 2.93. The standard InChI is InChI=1S/C15H27N3S/c1-4-14(5-2)18-9-8-13(17-18)11-16-12-6-7-15(10-12)19-3/h8-9,12,14-16H,4-7,10-11H2,1-3H3. The highest BCUT2D eigenvalue weighted by atomic mass is 32.2. The van der Waals surface area contributed by atoms with Crippen LogP contribution in [0.2, 0.25) is 0 Å². The van der Waals surface area contributed by atoms with Crippen molar-refractivity contribution in [3.8, 4) is 0 Å².